The van der Waals surface area contributed by atoms with Crippen molar-refractivity contribution in [1.29, 1.82) is 0 Å². The predicted molar refractivity (Wildman–Crippen MR) is 77.9 cm³/mol. The molecule has 2 aromatic heterocycles. The standard InChI is InChI=1S/C14H16ClN5O/c15-12-1-2-13(16-9-12)14(21)19-6-3-11(4-7-19)10-20-8-5-17-18-20/h1-2,5,8-9,11H,3-4,6-7,10H2. The van der Waals surface area contributed by atoms with Crippen molar-refractivity contribution in [2.75, 3.05) is 13.1 Å². The first-order valence-electron chi connectivity index (χ1n) is 6.97. The third-order valence-electron chi connectivity index (χ3n) is 3.77. The Labute approximate surface area is 127 Å². The number of halogens is 1. The molecule has 3 rings (SSSR count). The summed E-state index contributed by atoms with van der Waals surface area (Å²) in [6.45, 7) is 2.37. The van der Waals surface area contributed by atoms with Gasteiger partial charge in [0.1, 0.15) is 5.69 Å². The zero-order valence-electron chi connectivity index (χ0n) is 11.5. The third kappa shape index (κ3) is 3.39. The average molecular weight is 306 g/mol. The maximum absolute atomic E-state index is 12.3. The zero-order valence-corrected chi connectivity index (χ0v) is 12.3. The van der Waals surface area contributed by atoms with E-state index in [1.54, 1.807) is 18.3 Å². The minimum Gasteiger partial charge on any atom is -0.337 e. The molecule has 0 bridgehead atoms. The lowest BCUT2D eigenvalue weighted by atomic mass is 9.96. The largest absolute Gasteiger partial charge is 0.337 e. The molecule has 0 aromatic carbocycles. The van der Waals surface area contributed by atoms with Gasteiger partial charge in [0.15, 0.2) is 0 Å². The fourth-order valence-corrected chi connectivity index (χ4v) is 2.69. The van der Waals surface area contributed by atoms with Gasteiger partial charge in [0.25, 0.3) is 5.91 Å². The summed E-state index contributed by atoms with van der Waals surface area (Å²) in [5, 5.41) is 8.33. The molecule has 1 aliphatic heterocycles. The van der Waals surface area contributed by atoms with E-state index >= 15 is 0 Å². The van der Waals surface area contributed by atoms with E-state index in [2.05, 4.69) is 15.3 Å². The molecular formula is C14H16ClN5O. The highest BCUT2D eigenvalue weighted by Crippen LogP contribution is 2.20. The molecule has 0 N–H and O–H groups in total. The van der Waals surface area contributed by atoms with Crippen molar-refractivity contribution in [3.8, 4) is 0 Å². The molecule has 0 aliphatic carbocycles. The van der Waals surface area contributed by atoms with Gasteiger partial charge in [-0.3, -0.25) is 9.48 Å². The molecule has 6 nitrogen and oxygen atoms in total. The SMILES string of the molecule is O=C(c1ccc(Cl)cn1)N1CCC(Cn2ccnn2)CC1. The fraction of sp³-hybridized carbons (Fsp3) is 0.429. The first-order chi connectivity index (χ1) is 10.2. The molecule has 0 unspecified atom stereocenters. The van der Waals surface area contributed by atoms with Crippen LogP contribution in [0.5, 0.6) is 0 Å². The smallest absolute Gasteiger partial charge is 0.272 e. The quantitative estimate of drug-likeness (QED) is 0.868. The molecule has 21 heavy (non-hydrogen) atoms. The van der Waals surface area contributed by atoms with Crippen LogP contribution in [-0.2, 0) is 6.54 Å². The number of hydrogen-bond donors (Lipinski definition) is 0. The highest BCUT2D eigenvalue weighted by Gasteiger charge is 2.24. The van der Waals surface area contributed by atoms with Crippen LogP contribution in [0.4, 0.5) is 0 Å². The van der Waals surface area contributed by atoms with Crippen LogP contribution < -0.4 is 0 Å². The summed E-state index contributed by atoms with van der Waals surface area (Å²) in [4.78, 5) is 18.3. The Balaban J connectivity index is 1.55. The summed E-state index contributed by atoms with van der Waals surface area (Å²) in [5.41, 5.74) is 0.453. The fourth-order valence-electron chi connectivity index (χ4n) is 2.58. The van der Waals surface area contributed by atoms with Crippen LogP contribution in [0.25, 0.3) is 0 Å². The summed E-state index contributed by atoms with van der Waals surface area (Å²) in [7, 11) is 0. The van der Waals surface area contributed by atoms with Gasteiger partial charge in [-0.2, -0.15) is 0 Å². The summed E-state index contributed by atoms with van der Waals surface area (Å²) in [6.07, 6.45) is 7.00. The van der Waals surface area contributed by atoms with Gasteiger partial charge in [-0.15, -0.1) is 5.10 Å². The molecule has 1 fully saturated rings. The van der Waals surface area contributed by atoms with Gasteiger partial charge in [0.2, 0.25) is 0 Å². The van der Waals surface area contributed by atoms with E-state index in [1.165, 1.54) is 6.20 Å². The van der Waals surface area contributed by atoms with E-state index in [9.17, 15) is 4.79 Å². The summed E-state index contributed by atoms with van der Waals surface area (Å²) in [6, 6.07) is 3.37. The molecule has 7 heteroatoms. The molecule has 110 valence electrons. The van der Waals surface area contributed by atoms with Crippen LogP contribution in [0.1, 0.15) is 23.3 Å². The molecule has 0 saturated carbocycles. The molecule has 0 radical (unpaired) electrons. The van der Waals surface area contributed by atoms with Crippen molar-refractivity contribution in [3.05, 3.63) is 41.4 Å². The zero-order chi connectivity index (χ0) is 14.7. The summed E-state index contributed by atoms with van der Waals surface area (Å²) in [5.74, 6) is 0.514. The van der Waals surface area contributed by atoms with E-state index in [0.717, 1.165) is 32.5 Å². The molecule has 1 saturated heterocycles. The Morgan fingerprint density at radius 1 is 1.33 bits per heavy atom. The highest BCUT2D eigenvalue weighted by molar-refractivity contribution is 6.30. The van der Waals surface area contributed by atoms with Gasteiger partial charge in [-0.1, -0.05) is 16.8 Å². The monoisotopic (exact) mass is 305 g/mol. The van der Waals surface area contributed by atoms with Crippen molar-refractivity contribution >= 4 is 17.5 Å². The lowest BCUT2D eigenvalue weighted by Crippen LogP contribution is -2.39. The van der Waals surface area contributed by atoms with Crippen molar-refractivity contribution < 1.29 is 4.79 Å². The minimum absolute atomic E-state index is 0.0223. The van der Waals surface area contributed by atoms with Gasteiger partial charge in [-0.25, -0.2) is 4.98 Å². The molecular weight excluding hydrogens is 290 g/mol. The number of nitrogens with zero attached hydrogens (tertiary/aromatic N) is 5. The van der Waals surface area contributed by atoms with E-state index in [1.807, 2.05) is 15.8 Å². The van der Waals surface area contributed by atoms with Crippen LogP contribution in [0.3, 0.4) is 0 Å². The first kappa shape index (κ1) is 14.0. The number of rotatable bonds is 3. The predicted octanol–water partition coefficient (Wildman–Crippen LogP) is 1.88. The van der Waals surface area contributed by atoms with Gasteiger partial charge in [0.05, 0.1) is 11.2 Å². The molecule has 0 atom stereocenters. The second-order valence-corrected chi connectivity index (χ2v) is 5.66. The molecule has 0 spiro atoms. The average Bonchev–Trinajstić information content (AvgIpc) is 3.01. The number of amides is 1. The Morgan fingerprint density at radius 2 is 2.14 bits per heavy atom. The lowest BCUT2D eigenvalue weighted by molar-refractivity contribution is 0.0675. The van der Waals surface area contributed by atoms with Crippen LogP contribution in [0.15, 0.2) is 30.7 Å². The van der Waals surface area contributed by atoms with Crippen LogP contribution in [0, 0.1) is 5.92 Å². The number of hydrogen-bond acceptors (Lipinski definition) is 4. The van der Waals surface area contributed by atoms with Crippen molar-refractivity contribution in [3.63, 3.8) is 0 Å². The number of piperidine rings is 1. The Kier molecular flexibility index (Phi) is 4.15. The number of pyridine rings is 1. The van der Waals surface area contributed by atoms with Crippen molar-refractivity contribution in [2.24, 2.45) is 5.92 Å². The van der Waals surface area contributed by atoms with Gasteiger partial charge < -0.3 is 4.90 Å². The summed E-state index contributed by atoms with van der Waals surface area (Å²) >= 11 is 5.79. The normalized spacial score (nSPS) is 16.1. The van der Waals surface area contributed by atoms with Gasteiger partial charge >= 0.3 is 0 Å². The maximum Gasteiger partial charge on any atom is 0.272 e. The van der Waals surface area contributed by atoms with Crippen LogP contribution in [-0.4, -0.2) is 43.9 Å². The van der Waals surface area contributed by atoms with Crippen LogP contribution >= 0.6 is 11.6 Å². The van der Waals surface area contributed by atoms with Crippen LogP contribution in [0.2, 0.25) is 5.02 Å². The Hall–Kier alpha value is -1.95. The third-order valence-corrected chi connectivity index (χ3v) is 3.99. The number of aromatic nitrogens is 4. The Morgan fingerprint density at radius 3 is 2.76 bits per heavy atom. The highest BCUT2D eigenvalue weighted by atomic mass is 35.5. The van der Waals surface area contributed by atoms with Crippen molar-refractivity contribution in [1.82, 2.24) is 24.9 Å². The van der Waals surface area contributed by atoms with E-state index in [4.69, 9.17) is 11.6 Å². The number of carbonyl (C=O) groups excluding carboxylic acids is 1. The van der Waals surface area contributed by atoms with Gasteiger partial charge in [-0.05, 0) is 30.9 Å². The molecule has 3 heterocycles. The number of carbonyl (C=O) groups is 1. The Bertz CT molecular complexity index is 590. The lowest BCUT2D eigenvalue weighted by Gasteiger charge is -2.31. The first-order valence-corrected chi connectivity index (χ1v) is 7.35. The minimum atomic E-state index is -0.0223. The second-order valence-electron chi connectivity index (χ2n) is 5.22. The molecule has 2 aromatic rings. The number of likely N-dealkylation sites (tertiary alicyclic amines) is 1. The molecule has 1 amide bonds. The van der Waals surface area contributed by atoms with Gasteiger partial charge in [0, 0.05) is 32.0 Å². The second kappa shape index (κ2) is 6.22. The van der Waals surface area contributed by atoms with Crippen molar-refractivity contribution in [2.45, 2.75) is 19.4 Å². The van der Waals surface area contributed by atoms with E-state index in [0.29, 0.717) is 16.6 Å². The van der Waals surface area contributed by atoms with E-state index in [-0.39, 0.29) is 5.91 Å². The summed E-state index contributed by atoms with van der Waals surface area (Å²) < 4.78 is 1.85. The maximum atomic E-state index is 12.3. The molecule has 1 aliphatic rings. The van der Waals surface area contributed by atoms with E-state index < -0.39 is 0 Å². The topological polar surface area (TPSA) is 63.9 Å².